The molecule has 0 radical (unpaired) electrons. The first-order chi connectivity index (χ1) is 28.7. The summed E-state index contributed by atoms with van der Waals surface area (Å²) in [5, 5.41) is 10.0. The van der Waals surface area contributed by atoms with Crippen molar-refractivity contribution in [2.24, 2.45) is 0 Å². The van der Waals surface area contributed by atoms with Gasteiger partial charge in [0.1, 0.15) is 0 Å². The Morgan fingerprint density at radius 1 is 0.241 bits per heavy atom. The summed E-state index contributed by atoms with van der Waals surface area (Å²) < 4.78 is 0. The lowest BCUT2D eigenvalue weighted by atomic mass is 9.88. The van der Waals surface area contributed by atoms with Crippen LogP contribution in [0.5, 0.6) is 0 Å². The van der Waals surface area contributed by atoms with Gasteiger partial charge in [-0.2, -0.15) is 0 Å². The van der Waals surface area contributed by atoms with Crippen LogP contribution in [-0.2, 0) is 0 Å². The SMILES string of the molecule is c1ccc(-c2nc(-c3ccc(-c4cccc5ccccc45)cc3)cc(-c3cccc(-c4cccc(-c5c6ccccc6cc6c5ccc5ccccc56)c4)c3)n2)cc1. The van der Waals surface area contributed by atoms with Gasteiger partial charge < -0.3 is 0 Å². The average molecular weight is 737 g/mol. The van der Waals surface area contributed by atoms with E-state index < -0.39 is 0 Å². The largest absolute Gasteiger partial charge is 0.228 e. The Labute approximate surface area is 337 Å². The van der Waals surface area contributed by atoms with Crippen LogP contribution in [0.25, 0.3) is 110 Å². The van der Waals surface area contributed by atoms with Crippen molar-refractivity contribution in [1.82, 2.24) is 9.97 Å². The Morgan fingerprint density at radius 3 is 1.55 bits per heavy atom. The van der Waals surface area contributed by atoms with Gasteiger partial charge in [-0.3, -0.25) is 0 Å². The number of benzene rings is 10. The fourth-order valence-corrected chi connectivity index (χ4v) is 8.60. The average Bonchev–Trinajstić information content (AvgIpc) is 3.31. The topological polar surface area (TPSA) is 25.8 Å². The maximum Gasteiger partial charge on any atom is 0.160 e. The maximum absolute atomic E-state index is 5.18. The molecule has 0 aliphatic heterocycles. The fraction of sp³-hybridized carbons (Fsp3) is 0. The number of hydrogen-bond donors (Lipinski definition) is 0. The van der Waals surface area contributed by atoms with Crippen LogP contribution in [0.1, 0.15) is 0 Å². The van der Waals surface area contributed by atoms with Crippen LogP contribution < -0.4 is 0 Å². The second-order valence-electron chi connectivity index (χ2n) is 14.9. The molecule has 0 amide bonds. The summed E-state index contributed by atoms with van der Waals surface area (Å²) in [7, 11) is 0. The molecule has 1 aromatic heterocycles. The number of rotatable bonds is 6. The van der Waals surface area contributed by atoms with Gasteiger partial charge in [-0.1, -0.05) is 194 Å². The molecule has 0 saturated carbocycles. The second-order valence-corrected chi connectivity index (χ2v) is 14.9. The number of aromatic nitrogens is 2. The molecule has 58 heavy (non-hydrogen) atoms. The van der Waals surface area contributed by atoms with Crippen molar-refractivity contribution in [1.29, 1.82) is 0 Å². The third-order valence-electron chi connectivity index (χ3n) is 11.5. The standard InChI is InChI=1S/C56H36N2/c1-2-15-41(16-3-1)56-57-53(40-29-27-39(28-30-40)48-26-12-18-37-13-4-7-23-47(37)48)36-54(58-56)45-21-10-19-42(33-45)43-20-11-22-46(34-43)55-50-25-9-6-17-44(50)35-52-49-24-8-5-14-38(49)31-32-51(52)55/h1-36H. The van der Waals surface area contributed by atoms with Crippen molar-refractivity contribution in [2.45, 2.75) is 0 Å². The van der Waals surface area contributed by atoms with E-state index in [4.69, 9.17) is 9.97 Å². The number of hydrogen-bond acceptors (Lipinski definition) is 2. The van der Waals surface area contributed by atoms with E-state index in [9.17, 15) is 0 Å². The lowest BCUT2D eigenvalue weighted by Crippen LogP contribution is -1.96. The van der Waals surface area contributed by atoms with E-state index >= 15 is 0 Å². The number of nitrogens with zero attached hydrogens (tertiary/aromatic N) is 2. The van der Waals surface area contributed by atoms with Crippen LogP contribution in [0.2, 0.25) is 0 Å². The summed E-state index contributed by atoms with van der Waals surface area (Å²) in [6.07, 6.45) is 0. The second kappa shape index (κ2) is 14.1. The highest BCUT2D eigenvalue weighted by Gasteiger charge is 2.15. The van der Waals surface area contributed by atoms with Crippen molar-refractivity contribution in [2.75, 3.05) is 0 Å². The summed E-state index contributed by atoms with van der Waals surface area (Å²) in [6.45, 7) is 0. The maximum atomic E-state index is 5.18. The molecule has 2 heteroatoms. The fourth-order valence-electron chi connectivity index (χ4n) is 8.60. The van der Waals surface area contributed by atoms with Crippen molar-refractivity contribution >= 4 is 43.1 Å². The Kier molecular flexibility index (Phi) is 8.19. The lowest BCUT2D eigenvalue weighted by molar-refractivity contribution is 1.18. The molecule has 1 heterocycles. The van der Waals surface area contributed by atoms with Crippen LogP contribution in [-0.4, -0.2) is 9.97 Å². The molecule has 10 aromatic carbocycles. The molecular formula is C56H36N2. The van der Waals surface area contributed by atoms with Crippen LogP contribution in [0.4, 0.5) is 0 Å². The van der Waals surface area contributed by atoms with Gasteiger partial charge in [0.2, 0.25) is 0 Å². The van der Waals surface area contributed by atoms with Gasteiger partial charge >= 0.3 is 0 Å². The van der Waals surface area contributed by atoms with Gasteiger partial charge in [-0.15, -0.1) is 0 Å². The monoisotopic (exact) mass is 736 g/mol. The molecule has 0 spiro atoms. The van der Waals surface area contributed by atoms with Crippen molar-refractivity contribution in [3.8, 4) is 67.3 Å². The van der Waals surface area contributed by atoms with Crippen LogP contribution in [0.3, 0.4) is 0 Å². The summed E-state index contributed by atoms with van der Waals surface area (Å²) in [4.78, 5) is 10.3. The van der Waals surface area contributed by atoms with Gasteiger partial charge in [-0.05, 0) is 101 Å². The minimum atomic E-state index is 0.703. The summed E-state index contributed by atoms with van der Waals surface area (Å²) in [5.41, 5.74) is 12.0. The van der Waals surface area contributed by atoms with Crippen LogP contribution in [0.15, 0.2) is 218 Å². The zero-order chi connectivity index (χ0) is 38.4. The lowest BCUT2D eigenvalue weighted by Gasteiger charge is -2.15. The highest BCUT2D eigenvalue weighted by atomic mass is 14.9. The molecule has 0 bridgehead atoms. The molecule has 2 nitrogen and oxygen atoms in total. The molecule has 0 fully saturated rings. The quantitative estimate of drug-likeness (QED) is 0.125. The third-order valence-corrected chi connectivity index (χ3v) is 11.5. The minimum Gasteiger partial charge on any atom is -0.228 e. The molecular weight excluding hydrogens is 701 g/mol. The predicted octanol–water partition coefficient (Wildman–Crippen LogP) is 15.1. The Bertz CT molecular complexity index is 3320. The van der Waals surface area contributed by atoms with E-state index in [1.165, 1.54) is 65.3 Å². The molecule has 270 valence electrons. The van der Waals surface area contributed by atoms with E-state index in [0.717, 1.165) is 39.2 Å². The Morgan fingerprint density at radius 2 is 0.776 bits per heavy atom. The first-order valence-electron chi connectivity index (χ1n) is 19.8. The van der Waals surface area contributed by atoms with Gasteiger partial charge in [0.05, 0.1) is 11.4 Å². The van der Waals surface area contributed by atoms with Crippen LogP contribution >= 0.6 is 0 Å². The van der Waals surface area contributed by atoms with Crippen molar-refractivity contribution in [3.63, 3.8) is 0 Å². The van der Waals surface area contributed by atoms with Crippen LogP contribution in [0, 0.1) is 0 Å². The zero-order valence-corrected chi connectivity index (χ0v) is 31.7. The summed E-state index contributed by atoms with van der Waals surface area (Å²) >= 11 is 0. The van der Waals surface area contributed by atoms with E-state index in [1.807, 2.05) is 18.2 Å². The minimum absolute atomic E-state index is 0.703. The Hall–Kier alpha value is -7.68. The molecule has 0 saturated heterocycles. The highest BCUT2D eigenvalue weighted by Crippen LogP contribution is 2.41. The Balaban J connectivity index is 1.01. The molecule has 0 atom stereocenters. The van der Waals surface area contributed by atoms with Crippen molar-refractivity contribution in [3.05, 3.63) is 218 Å². The zero-order valence-electron chi connectivity index (χ0n) is 31.7. The van der Waals surface area contributed by atoms with Gasteiger partial charge in [0, 0.05) is 16.7 Å². The molecule has 11 aromatic rings. The van der Waals surface area contributed by atoms with Gasteiger partial charge in [0.25, 0.3) is 0 Å². The first kappa shape index (κ1) is 33.6. The van der Waals surface area contributed by atoms with E-state index in [2.05, 4.69) is 200 Å². The summed E-state index contributed by atoms with van der Waals surface area (Å²) in [6, 6.07) is 78.3. The van der Waals surface area contributed by atoms with E-state index in [1.54, 1.807) is 0 Å². The molecule has 0 N–H and O–H groups in total. The van der Waals surface area contributed by atoms with Crippen molar-refractivity contribution < 1.29 is 0 Å². The number of fused-ring (bicyclic) bond motifs is 5. The molecule has 0 aliphatic carbocycles. The van der Waals surface area contributed by atoms with Gasteiger partial charge in [-0.25, -0.2) is 9.97 Å². The molecule has 0 unspecified atom stereocenters. The molecule has 0 aliphatic rings. The summed E-state index contributed by atoms with van der Waals surface area (Å²) in [5.74, 6) is 0.703. The normalized spacial score (nSPS) is 11.4. The highest BCUT2D eigenvalue weighted by molar-refractivity contribution is 6.20. The van der Waals surface area contributed by atoms with E-state index in [0.29, 0.717) is 5.82 Å². The van der Waals surface area contributed by atoms with Gasteiger partial charge in [0.15, 0.2) is 5.82 Å². The van der Waals surface area contributed by atoms with E-state index in [-0.39, 0.29) is 0 Å². The first-order valence-corrected chi connectivity index (χ1v) is 19.8. The third kappa shape index (κ3) is 6.00. The molecule has 11 rings (SSSR count). The predicted molar refractivity (Wildman–Crippen MR) is 245 cm³/mol. The smallest absolute Gasteiger partial charge is 0.160 e.